The molecule has 0 aliphatic heterocycles. The first kappa shape index (κ1) is 54.8. The summed E-state index contributed by atoms with van der Waals surface area (Å²) in [6.45, 7) is 6.22. The summed E-state index contributed by atoms with van der Waals surface area (Å²) in [6, 6.07) is 0. The molecular formula is C53H82O6. The standard InChI is InChI=1S/C53H82O6/c1-4-7-10-13-16-18-20-22-24-25-26-27-29-30-32-34-37-40-43-46-52(55)58-49-50(48-57-51(54)45-42-39-36-15-12-9-6-3)59-53(56)47-44-41-38-35-33-31-28-23-21-19-17-14-11-8-5-2/h7-8,10-11,16-19,22-24,26-28,30,32-33,35,37,40,50H,4-6,9,12-15,20-21,25,29,31,34,36,38-39,41-49H2,1-3H3/b10-7-,11-8-,18-16-,19-17-,24-22-,27-26-,28-23-,32-30-,35-33-,40-37-. The maximum absolute atomic E-state index is 12.7. The van der Waals surface area contributed by atoms with Crippen LogP contribution in [-0.2, 0) is 28.6 Å². The Morgan fingerprint density at radius 3 is 1.14 bits per heavy atom. The molecule has 0 amide bonds. The third-order valence-electron chi connectivity index (χ3n) is 8.98. The molecule has 0 spiro atoms. The molecule has 0 aromatic rings. The van der Waals surface area contributed by atoms with Gasteiger partial charge in [0.1, 0.15) is 13.2 Å². The van der Waals surface area contributed by atoms with Gasteiger partial charge < -0.3 is 14.2 Å². The van der Waals surface area contributed by atoms with Gasteiger partial charge in [-0.05, 0) is 96.3 Å². The molecule has 0 heterocycles. The average Bonchev–Trinajstić information content (AvgIpc) is 3.23. The fourth-order valence-corrected chi connectivity index (χ4v) is 5.57. The molecule has 330 valence electrons. The van der Waals surface area contributed by atoms with E-state index in [0.717, 1.165) is 96.3 Å². The van der Waals surface area contributed by atoms with Gasteiger partial charge in [0.15, 0.2) is 6.10 Å². The van der Waals surface area contributed by atoms with Crippen LogP contribution in [0.5, 0.6) is 0 Å². The van der Waals surface area contributed by atoms with E-state index in [9.17, 15) is 14.4 Å². The summed E-state index contributed by atoms with van der Waals surface area (Å²) in [5, 5.41) is 0. The predicted molar refractivity (Wildman–Crippen MR) is 251 cm³/mol. The first-order valence-corrected chi connectivity index (χ1v) is 23.0. The van der Waals surface area contributed by atoms with E-state index in [1.165, 1.54) is 25.7 Å². The molecule has 0 aromatic heterocycles. The van der Waals surface area contributed by atoms with Crippen LogP contribution in [0.15, 0.2) is 122 Å². The zero-order valence-electron chi connectivity index (χ0n) is 37.5. The number of rotatable bonds is 39. The number of carbonyl (C=O) groups is 3. The Bertz CT molecular complexity index is 1300. The lowest BCUT2D eigenvalue weighted by molar-refractivity contribution is -0.166. The Morgan fingerprint density at radius 1 is 0.356 bits per heavy atom. The minimum atomic E-state index is -0.829. The van der Waals surface area contributed by atoms with Crippen LogP contribution in [-0.4, -0.2) is 37.2 Å². The third-order valence-corrected chi connectivity index (χ3v) is 8.98. The van der Waals surface area contributed by atoms with E-state index in [1.807, 2.05) is 12.2 Å². The van der Waals surface area contributed by atoms with Gasteiger partial charge in [0.2, 0.25) is 0 Å². The van der Waals surface area contributed by atoms with E-state index in [0.29, 0.717) is 19.3 Å². The third kappa shape index (κ3) is 44.8. The highest BCUT2D eigenvalue weighted by atomic mass is 16.6. The van der Waals surface area contributed by atoms with Gasteiger partial charge in [0.05, 0.1) is 0 Å². The molecule has 0 N–H and O–H groups in total. The van der Waals surface area contributed by atoms with Crippen molar-refractivity contribution in [1.29, 1.82) is 0 Å². The van der Waals surface area contributed by atoms with Gasteiger partial charge in [-0.3, -0.25) is 14.4 Å². The Hall–Kier alpha value is -4.19. The lowest BCUT2D eigenvalue weighted by Gasteiger charge is -2.18. The second-order valence-electron chi connectivity index (χ2n) is 14.5. The van der Waals surface area contributed by atoms with Crippen LogP contribution in [0.4, 0.5) is 0 Å². The topological polar surface area (TPSA) is 78.9 Å². The van der Waals surface area contributed by atoms with Crippen LogP contribution in [0.25, 0.3) is 0 Å². The monoisotopic (exact) mass is 815 g/mol. The fourth-order valence-electron chi connectivity index (χ4n) is 5.57. The Morgan fingerprint density at radius 2 is 0.695 bits per heavy atom. The van der Waals surface area contributed by atoms with E-state index in [-0.39, 0.29) is 44.0 Å². The molecular weight excluding hydrogens is 733 g/mol. The highest BCUT2D eigenvalue weighted by molar-refractivity contribution is 5.71. The zero-order valence-corrected chi connectivity index (χ0v) is 37.5. The molecule has 0 saturated heterocycles. The van der Waals surface area contributed by atoms with Crippen molar-refractivity contribution in [2.24, 2.45) is 0 Å². The second kappa shape index (κ2) is 46.5. The van der Waals surface area contributed by atoms with Crippen molar-refractivity contribution in [2.75, 3.05) is 13.2 Å². The van der Waals surface area contributed by atoms with Gasteiger partial charge in [-0.15, -0.1) is 0 Å². The summed E-state index contributed by atoms with van der Waals surface area (Å²) in [5.74, 6) is -1.07. The summed E-state index contributed by atoms with van der Waals surface area (Å²) >= 11 is 0. The van der Waals surface area contributed by atoms with Crippen LogP contribution in [0.3, 0.4) is 0 Å². The first-order valence-electron chi connectivity index (χ1n) is 23.0. The van der Waals surface area contributed by atoms with Crippen molar-refractivity contribution in [3.05, 3.63) is 122 Å². The quantitative estimate of drug-likeness (QED) is 0.0266. The van der Waals surface area contributed by atoms with Crippen molar-refractivity contribution in [3.8, 4) is 0 Å². The van der Waals surface area contributed by atoms with Crippen LogP contribution < -0.4 is 0 Å². The molecule has 59 heavy (non-hydrogen) atoms. The number of hydrogen-bond donors (Lipinski definition) is 0. The minimum absolute atomic E-state index is 0.122. The number of allylic oxidation sites excluding steroid dienone is 20. The van der Waals surface area contributed by atoms with Crippen molar-refractivity contribution in [2.45, 2.75) is 181 Å². The average molecular weight is 815 g/mol. The maximum atomic E-state index is 12.7. The van der Waals surface area contributed by atoms with Crippen molar-refractivity contribution >= 4 is 17.9 Å². The largest absolute Gasteiger partial charge is 0.462 e. The highest BCUT2D eigenvalue weighted by Gasteiger charge is 2.19. The molecule has 0 saturated carbocycles. The maximum Gasteiger partial charge on any atom is 0.306 e. The van der Waals surface area contributed by atoms with Crippen LogP contribution in [0, 0.1) is 0 Å². The van der Waals surface area contributed by atoms with Gasteiger partial charge in [-0.2, -0.15) is 0 Å². The molecule has 1 unspecified atom stereocenters. The Kier molecular flexibility index (Phi) is 43.2. The van der Waals surface area contributed by atoms with Crippen LogP contribution in [0.2, 0.25) is 0 Å². The first-order chi connectivity index (χ1) is 29.0. The van der Waals surface area contributed by atoms with Crippen molar-refractivity contribution < 1.29 is 28.6 Å². The molecule has 0 bridgehead atoms. The van der Waals surface area contributed by atoms with Crippen molar-refractivity contribution in [3.63, 3.8) is 0 Å². The molecule has 0 radical (unpaired) electrons. The van der Waals surface area contributed by atoms with Gasteiger partial charge in [0.25, 0.3) is 0 Å². The summed E-state index contributed by atoms with van der Waals surface area (Å²) in [7, 11) is 0. The smallest absolute Gasteiger partial charge is 0.306 e. The minimum Gasteiger partial charge on any atom is -0.462 e. The van der Waals surface area contributed by atoms with Gasteiger partial charge >= 0.3 is 17.9 Å². The Labute approximate surface area is 361 Å². The molecule has 0 fully saturated rings. The molecule has 0 rings (SSSR count). The molecule has 1 atom stereocenters. The second-order valence-corrected chi connectivity index (χ2v) is 14.5. The Balaban J connectivity index is 4.52. The highest BCUT2D eigenvalue weighted by Crippen LogP contribution is 2.11. The number of esters is 3. The molecule has 0 aliphatic carbocycles. The van der Waals surface area contributed by atoms with E-state index in [2.05, 4.69) is 130 Å². The predicted octanol–water partition coefficient (Wildman–Crippen LogP) is 15.0. The molecule has 6 nitrogen and oxygen atoms in total. The van der Waals surface area contributed by atoms with Gasteiger partial charge in [-0.25, -0.2) is 0 Å². The fraction of sp³-hybridized carbons (Fsp3) is 0.566. The van der Waals surface area contributed by atoms with Crippen LogP contribution >= 0.6 is 0 Å². The number of unbranched alkanes of at least 4 members (excludes halogenated alkanes) is 8. The summed E-state index contributed by atoms with van der Waals surface area (Å²) in [6.07, 6.45) is 63.5. The molecule has 0 aromatic carbocycles. The summed E-state index contributed by atoms with van der Waals surface area (Å²) in [4.78, 5) is 37.6. The lowest BCUT2D eigenvalue weighted by atomic mass is 10.1. The summed E-state index contributed by atoms with van der Waals surface area (Å²) < 4.78 is 16.5. The van der Waals surface area contributed by atoms with E-state index in [4.69, 9.17) is 14.2 Å². The molecule has 0 aliphatic rings. The number of carbonyl (C=O) groups excluding carboxylic acids is 3. The van der Waals surface area contributed by atoms with E-state index >= 15 is 0 Å². The van der Waals surface area contributed by atoms with Crippen LogP contribution in [0.1, 0.15) is 175 Å². The van der Waals surface area contributed by atoms with E-state index < -0.39 is 6.10 Å². The SMILES string of the molecule is CC/C=C\C/C=C\C/C=C\C/C=C\C/C=C\C/C=C\CCC(=O)OCC(COC(=O)CCCCCCCCC)OC(=O)CCCC/C=C\C/C=C\C/C=C\C/C=C\CC. The normalized spacial score (nSPS) is 13.2. The van der Waals surface area contributed by atoms with Crippen molar-refractivity contribution in [1.82, 2.24) is 0 Å². The van der Waals surface area contributed by atoms with E-state index in [1.54, 1.807) is 0 Å². The summed E-state index contributed by atoms with van der Waals surface area (Å²) in [5.41, 5.74) is 0. The van der Waals surface area contributed by atoms with Gasteiger partial charge in [-0.1, -0.05) is 181 Å². The zero-order chi connectivity index (χ0) is 43.0. The number of ether oxygens (including phenoxy) is 3. The number of hydrogen-bond acceptors (Lipinski definition) is 6. The molecule has 6 heteroatoms. The van der Waals surface area contributed by atoms with Gasteiger partial charge in [0, 0.05) is 19.3 Å². The lowest BCUT2D eigenvalue weighted by Crippen LogP contribution is -2.30.